The van der Waals surface area contributed by atoms with Gasteiger partial charge in [0, 0.05) is 22.6 Å². The molecule has 0 N–H and O–H groups in total. The molecule has 6 nitrogen and oxygen atoms in total. The van der Waals surface area contributed by atoms with Gasteiger partial charge < -0.3 is 4.90 Å². The van der Waals surface area contributed by atoms with Gasteiger partial charge in [-0.05, 0) is 24.3 Å². The highest BCUT2D eigenvalue weighted by Gasteiger charge is 2.35. The van der Waals surface area contributed by atoms with Crippen molar-refractivity contribution in [3.63, 3.8) is 0 Å². The van der Waals surface area contributed by atoms with Gasteiger partial charge >= 0.3 is 6.18 Å². The Balaban J connectivity index is 1.90. The first kappa shape index (κ1) is 21.4. The molecule has 156 valence electrons. The van der Waals surface area contributed by atoms with Crippen LogP contribution in [0.25, 0.3) is 10.6 Å². The lowest BCUT2D eigenvalue weighted by Gasteiger charge is -2.23. The van der Waals surface area contributed by atoms with Crippen molar-refractivity contribution in [1.29, 1.82) is 0 Å². The van der Waals surface area contributed by atoms with Gasteiger partial charge in [-0.1, -0.05) is 18.2 Å². The van der Waals surface area contributed by atoms with Crippen molar-refractivity contribution in [3.05, 3.63) is 81.1 Å². The number of aromatic nitrogens is 1. The molecule has 3 rings (SSSR count). The molecule has 0 radical (unpaired) electrons. The molecule has 3 aromatic rings. The average molecular weight is 439 g/mol. The lowest BCUT2D eigenvalue weighted by Crippen LogP contribution is -2.38. The molecule has 1 amide bonds. The van der Waals surface area contributed by atoms with Crippen LogP contribution in [-0.2, 0) is 6.54 Å². The smallest absolute Gasteiger partial charge is 0.324 e. The Bertz CT molecular complexity index is 1070. The van der Waals surface area contributed by atoms with E-state index in [1.165, 1.54) is 47.8 Å². The third-order valence-corrected chi connectivity index (χ3v) is 4.91. The molecule has 0 spiro atoms. The summed E-state index contributed by atoms with van der Waals surface area (Å²) in [5.41, 5.74) is -0.152. The standard InChI is InChI=1S/C19H13F4N3O3S/c20-14-7-5-12(6-8-14)17-24-15(10-30-17)18(27)25(11-19(21,22)23)9-13-3-1-2-4-16(13)26(28)29/h1-8,10H,9,11H2. The topological polar surface area (TPSA) is 76.3 Å². The molecule has 0 aliphatic rings. The highest BCUT2D eigenvalue weighted by molar-refractivity contribution is 7.13. The SMILES string of the molecule is O=C(c1csc(-c2ccc(F)cc2)n1)N(Cc1ccccc1[N+](=O)[O-])CC(F)(F)F. The number of hydrogen-bond donors (Lipinski definition) is 0. The van der Waals surface area contributed by atoms with E-state index in [2.05, 4.69) is 4.98 Å². The number of thiazole rings is 1. The molecule has 0 aliphatic carbocycles. The summed E-state index contributed by atoms with van der Waals surface area (Å²) >= 11 is 1.02. The van der Waals surface area contributed by atoms with Gasteiger partial charge in [-0.15, -0.1) is 11.3 Å². The highest BCUT2D eigenvalue weighted by Crippen LogP contribution is 2.27. The largest absolute Gasteiger partial charge is 0.406 e. The van der Waals surface area contributed by atoms with Crippen LogP contribution in [0.5, 0.6) is 0 Å². The van der Waals surface area contributed by atoms with Crippen LogP contribution in [0.1, 0.15) is 16.1 Å². The summed E-state index contributed by atoms with van der Waals surface area (Å²) in [6.07, 6.45) is -4.71. The minimum Gasteiger partial charge on any atom is -0.324 e. The van der Waals surface area contributed by atoms with Gasteiger partial charge in [0.25, 0.3) is 11.6 Å². The molecular formula is C19H13F4N3O3S. The molecule has 0 aliphatic heterocycles. The third-order valence-electron chi connectivity index (χ3n) is 4.02. The van der Waals surface area contributed by atoms with Crippen molar-refractivity contribution in [2.75, 3.05) is 6.54 Å². The van der Waals surface area contributed by atoms with Crippen LogP contribution in [0.3, 0.4) is 0 Å². The lowest BCUT2D eigenvalue weighted by molar-refractivity contribution is -0.385. The van der Waals surface area contributed by atoms with Gasteiger partial charge in [0.15, 0.2) is 0 Å². The second-order valence-electron chi connectivity index (χ2n) is 6.21. The molecule has 0 fully saturated rings. The molecule has 0 unspecified atom stereocenters. The quantitative estimate of drug-likeness (QED) is 0.306. The number of amides is 1. The van der Waals surface area contributed by atoms with Crippen LogP contribution in [0.2, 0.25) is 0 Å². The van der Waals surface area contributed by atoms with Crippen molar-refractivity contribution in [1.82, 2.24) is 9.88 Å². The zero-order chi connectivity index (χ0) is 21.9. The second kappa shape index (κ2) is 8.57. The number of para-hydroxylation sites is 1. The zero-order valence-electron chi connectivity index (χ0n) is 15.1. The Kier molecular flexibility index (Phi) is 6.11. The van der Waals surface area contributed by atoms with Gasteiger partial charge in [0.05, 0.1) is 11.5 Å². The molecule has 0 saturated heterocycles. The summed E-state index contributed by atoms with van der Waals surface area (Å²) in [5, 5.41) is 12.8. The fourth-order valence-electron chi connectivity index (χ4n) is 2.70. The monoisotopic (exact) mass is 439 g/mol. The summed E-state index contributed by atoms with van der Waals surface area (Å²) in [6.45, 7) is -2.21. The molecule has 1 aromatic heterocycles. The summed E-state index contributed by atoms with van der Waals surface area (Å²) in [5.74, 6) is -1.48. The van der Waals surface area contributed by atoms with E-state index in [4.69, 9.17) is 0 Å². The molecule has 0 bridgehead atoms. The number of nitro groups is 1. The Morgan fingerprint density at radius 1 is 1.13 bits per heavy atom. The lowest BCUT2D eigenvalue weighted by atomic mass is 10.1. The zero-order valence-corrected chi connectivity index (χ0v) is 15.9. The Morgan fingerprint density at radius 3 is 2.43 bits per heavy atom. The van der Waals surface area contributed by atoms with E-state index in [1.807, 2.05) is 0 Å². The van der Waals surface area contributed by atoms with Gasteiger partial charge in [-0.3, -0.25) is 14.9 Å². The first-order chi connectivity index (χ1) is 14.1. The molecule has 0 atom stereocenters. The molecule has 30 heavy (non-hydrogen) atoms. The summed E-state index contributed by atoms with van der Waals surface area (Å²) in [6, 6.07) is 10.5. The summed E-state index contributed by atoms with van der Waals surface area (Å²) < 4.78 is 52.3. The average Bonchev–Trinajstić information content (AvgIpc) is 3.17. The van der Waals surface area contributed by atoms with Gasteiger partial charge in [0.1, 0.15) is 23.1 Å². The van der Waals surface area contributed by atoms with Gasteiger partial charge in [-0.25, -0.2) is 9.37 Å². The number of nitrogens with zero attached hydrogens (tertiary/aromatic N) is 3. The predicted molar refractivity (Wildman–Crippen MR) is 101 cm³/mol. The highest BCUT2D eigenvalue weighted by atomic mass is 32.1. The summed E-state index contributed by atoms with van der Waals surface area (Å²) in [7, 11) is 0. The van der Waals surface area contributed by atoms with Crippen molar-refractivity contribution in [3.8, 4) is 10.6 Å². The Labute approximate surface area is 171 Å². The van der Waals surface area contributed by atoms with Crippen molar-refractivity contribution in [2.45, 2.75) is 12.7 Å². The number of alkyl halides is 3. The number of nitro benzene ring substituents is 1. The maximum atomic E-state index is 13.1. The third kappa shape index (κ3) is 5.17. The molecule has 0 saturated carbocycles. The number of carbonyl (C=O) groups excluding carboxylic acids is 1. The first-order valence-corrected chi connectivity index (χ1v) is 9.32. The van der Waals surface area contributed by atoms with Crippen LogP contribution in [0.15, 0.2) is 53.9 Å². The number of hydrogen-bond acceptors (Lipinski definition) is 5. The van der Waals surface area contributed by atoms with Gasteiger partial charge in [-0.2, -0.15) is 13.2 Å². The second-order valence-corrected chi connectivity index (χ2v) is 7.07. The molecule has 1 heterocycles. The fraction of sp³-hybridized carbons (Fsp3) is 0.158. The molecule has 2 aromatic carbocycles. The van der Waals surface area contributed by atoms with E-state index < -0.39 is 35.9 Å². The number of benzene rings is 2. The number of carbonyl (C=O) groups is 1. The van der Waals surface area contributed by atoms with Crippen molar-refractivity contribution >= 4 is 22.9 Å². The van der Waals surface area contributed by atoms with E-state index in [0.29, 0.717) is 15.5 Å². The van der Waals surface area contributed by atoms with E-state index in [-0.39, 0.29) is 16.9 Å². The fourth-order valence-corrected chi connectivity index (χ4v) is 3.50. The minimum atomic E-state index is -4.71. The number of halogens is 4. The van der Waals surface area contributed by atoms with E-state index in [0.717, 1.165) is 17.4 Å². The normalized spacial score (nSPS) is 11.3. The maximum absolute atomic E-state index is 13.1. The molecular weight excluding hydrogens is 426 g/mol. The predicted octanol–water partition coefficient (Wildman–Crippen LogP) is 5.06. The van der Waals surface area contributed by atoms with Crippen LogP contribution in [-0.4, -0.2) is 33.4 Å². The van der Waals surface area contributed by atoms with Crippen LogP contribution in [0, 0.1) is 15.9 Å². The first-order valence-electron chi connectivity index (χ1n) is 8.44. The van der Waals surface area contributed by atoms with E-state index in [9.17, 15) is 32.5 Å². The van der Waals surface area contributed by atoms with Crippen molar-refractivity contribution < 1.29 is 27.3 Å². The Hall–Kier alpha value is -3.34. The minimum absolute atomic E-state index is 0.0333. The van der Waals surface area contributed by atoms with E-state index in [1.54, 1.807) is 0 Å². The Morgan fingerprint density at radius 2 is 1.80 bits per heavy atom. The van der Waals surface area contributed by atoms with Crippen LogP contribution >= 0.6 is 11.3 Å². The van der Waals surface area contributed by atoms with Gasteiger partial charge in [0.2, 0.25) is 0 Å². The number of rotatable bonds is 6. The van der Waals surface area contributed by atoms with Crippen LogP contribution in [0.4, 0.5) is 23.2 Å². The van der Waals surface area contributed by atoms with Crippen LogP contribution < -0.4 is 0 Å². The molecule has 11 heteroatoms. The van der Waals surface area contributed by atoms with E-state index >= 15 is 0 Å². The maximum Gasteiger partial charge on any atom is 0.406 e. The van der Waals surface area contributed by atoms with Crippen molar-refractivity contribution in [2.24, 2.45) is 0 Å². The summed E-state index contributed by atoms with van der Waals surface area (Å²) in [4.78, 5) is 27.7.